The summed E-state index contributed by atoms with van der Waals surface area (Å²) in [6, 6.07) is 15.7. The van der Waals surface area contributed by atoms with E-state index in [1.165, 1.54) is 0 Å². The molecule has 1 aliphatic rings. The van der Waals surface area contributed by atoms with Gasteiger partial charge in [0.05, 0.1) is 13.4 Å². The van der Waals surface area contributed by atoms with Gasteiger partial charge in [-0.25, -0.2) is 4.98 Å². The maximum absolute atomic E-state index is 13.2. The molecule has 1 fully saturated rings. The van der Waals surface area contributed by atoms with Gasteiger partial charge >= 0.3 is 0 Å². The summed E-state index contributed by atoms with van der Waals surface area (Å²) in [5, 5.41) is 0. The van der Waals surface area contributed by atoms with Gasteiger partial charge in [0, 0.05) is 43.2 Å². The van der Waals surface area contributed by atoms with Crippen LogP contribution in [0.1, 0.15) is 23.2 Å². The minimum absolute atomic E-state index is 0.104. The lowest BCUT2D eigenvalue weighted by Gasteiger charge is -2.33. The quantitative estimate of drug-likeness (QED) is 0.674. The first kappa shape index (κ1) is 18.3. The van der Waals surface area contributed by atoms with Gasteiger partial charge in [-0.3, -0.25) is 4.79 Å². The maximum atomic E-state index is 13.2. The highest BCUT2D eigenvalue weighted by Gasteiger charge is 2.25. The van der Waals surface area contributed by atoms with E-state index >= 15 is 0 Å². The molecule has 0 spiro atoms. The van der Waals surface area contributed by atoms with Gasteiger partial charge in [0.25, 0.3) is 5.91 Å². The Morgan fingerprint density at radius 1 is 1.21 bits per heavy atom. The molecule has 0 bridgehead atoms. The highest BCUT2D eigenvalue weighted by atomic mass is 16.5. The predicted octanol–water partition coefficient (Wildman–Crippen LogP) is 4.11. The van der Waals surface area contributed by atoms with Crippen LogP contribution in [0.25, 0.3) is 11.1 Å². The lowest BCUT2D eigenvalue weighted by molar-refractivity contribution is 0.0662. The van der Waals surface area contributed by atoms with Crippen molar-refractivity contribution in [2.75, 3.05) is 20.2 Å². The summed E-state index contributed by atoms with van der Waals surface area (Å²) in [7, 11) is 1.67. The molecule has 1 aliphatic heterocycles. The molecule has 1 saturated heterocycles. The van der Waals surface area contributed by atoms with E-state index in [-0.39, 0.29) is 5.91 Å². The van der Waals surface area contributed by atoms with E-state index in [1.54, 1.807) is 13.3 Å². The number of rotatable bonds is 5. The Bertz CT molecular complexity index is 937. The standard InChI is InChI=1S/C23H25N3O2/c1-28-22-10-3-2-9-21(22)19-7-4-8-20(14-19)23(27)26-12-5-6-18(16-26)15-25-13-11-24-17-25/h2-4,7-11,13-14,17-18H,5-6,12,15-16H2,1H3. The maximum Gasteiger partial charge on any atom is 0.253 e. The molecule has 1 amide bonds. The fraction of sp³-hybridized carbons (Fsp3) is 0.304. The van der Waals surface area contributed by atoms with Crippen LogP contribution in [0, 0.1) is 5.92 Å². The van der Waals surface area contributed by atoms with Crippen LogP contribution < -0.4 is 4.74 Å². The highest BCUT2D eigenvalue weighted by Crippen LogP contribution is 2.30. The predicted molar refractivity (Wildman–Crippen MR) is 109 cm³/mol. The van der Waals surface area contributed by atoms with Gasteiger partial charge in [0.15, 0.2) is 0 Å². The van der Waals surface area contributed by atoms with Crippen LogP contribution in [-0.2, 0) is 6.54 Å². The Balaban J connectivity index is 1.51. The molecular weight excluding hydrogens is 350 g/mol. The minimum Gasteiger partial charge on any atom is -0.496 e. The van der Waals surface area contributed by atoms with E-state index in [2.05, 4.69) is 9.55 Å². The van der Waals surface area contributed by atoms with Crippen molar-refractivity contribution in [1.29, 1.82) is 0 Å². The number of likely N-dealkylation sites (tertiary alicyclic amines) is 1. The number of piperidine rings is 1. The number of hydrogen-bond acceptors (Lipinski definition) is 3. The molecule has 4 rings (SSSR count). The second-order valence-corrected chi connectivity index (χ2v) is 7.30. The van der Waals surface area contributed by atoms with Crippen molar-refractivity contribution in [3.8, 4) is 16.9 Å². The number of nitrogens with zero attached hydrogens (tertiary/aromatic N) is 3. The van der Waals surface area contributed by atoms with Crippen LogP contribution in [0.2, 0.25) is 0 Å². The van der Waals surface area contributed by atoms with E-state index in [1.807, 2.05) is 66.0 Å². The molecule has 3 aromatic rings. The number of methoxy groups -OCH3 is 1. The summed E-state index contributed by atoms with van der Waals surface area (Å²) in [5.74, 6) is 1.38. The third-order valence-electron chi connectivity index (χ3n) is 5.36. The number of ether oxygens (including phenoxy) is 1. The first-order valence-corrected chi connectivity index (χ1v) is 9.73. The Labute approximate surface area is 165 Å². The monoisotopic (exact) mass is 375 g/mol. The van der Waals surface area contributed by atoms with Gasteiger partial charge in [0.1, 0.15) is 5.75 Å². The summed E-state index contributed by atoms with van der Waals surface area (Å²) < 4.78 is 7.58. The molecule has 2 heterocycles. The van der Waals surface area contributed by atoms with E-state index in [0.717, 1.165) is 54.9 Å². The van der Waals surface area contributed by atoms with Crippen molar-refractivity contribution in [1.82, 2.24) is 14.5 Å². The summed E-state index contributed by atoms with van der Waals surface area (Å²) in [4.78, 5) is 19.3. The van der Waals surface area contributed by atoms with Gasteiger partial charge in [-0.05, 0) is 42.5 Å². The first-order valence-electron chi connectivity index (χ1n) is 9.73. The summed E-state index contributed by atoms with van der Waals surface area (Å²) in [6.07, 6.45) is 7.81. The lowest BCUT2D eigenvalue weighted by atomic mass is 9.96. The van der Waals surface area contributed by atoms with Crippen molar-refractivity contribution in [3.05, 3.63) is 72.8 Å². The average Bonchev–Trinajstić information content (AvgIpc) is 3.26. The van der Waals surface area contributed by atoms with Gasteiger partial charge in [-0.2, -0.15) is 0 Å². The second-order valence-electron chi connectivity index (χ2n) is 7.30. The van der Waals surface area contributed by atoms with Gasteiger partial charge in [0.2, 0.25) is 0 Å². The van der Waals surface area contributed by atoms with Gasteiger partial charge < -0.3 is 14.2 Å². The van der Waals surface area contributed by atoms with E-state index in [9.17, 15) is 4.79 Å². The fourth-order valence-electron chi connectivity index (χ4n) is 3.98. The molecule has 0 aliphatic carbocycles. The molecule has 28 heavy (non-hydrogen) atoms. The molecule has 2 aromatic carbocycles. The molecule has 0 radical (unpaired) electrons. The number of carbonyl (C=O) groups is 1. The van der Waals surface area contributed by atoms with Crippen LogP contribution in [-0.4, -0.2) is 40.6 Å². The summed E-state index contributed by atoms with van der Waals surface area (Å²) in [6.45, 7) is 2.51. The molecule has 5 nitrogen and oxygen atoms in total. The van der Waals surface area contributed by atoms with Crippen LogP contribution in [0.15, 0.2) is 67.3 Å². The van der Waals surface area contributed by atoms with Crippen molar-refractivity contribution in [2.45, 2.75) is 19.4 Å². The zero-order chi connectivity index (χ0) is 19.3. The number of benzene rings is 2. The van der Waals surface area contributed by atoms with Crippen molar-refractivity contribution < 1.29 is 9.53 Å². The topological polar surface area (TPSA) is 47.4 Å². The largest absolute Gasteiger partial charge is 0.496 e. The third-order valence-corrected chi connectivity index (χ3v) is 5.36. The van der Waals surface area contributed by atoms with E-state index in [4.69, 9.17) is 4.74 Å². The van der Waals surface area contributed by atoms with E-state index < -0.39 is 0 Å². The third kappa shape index (κ3) is 3.93. The summed E-state index contributed by atoms with van der Waals surface area (Å²) >= 11 is 0. The fourth-order valence-corrected chi connectivity index (χ4v) is 3.98. The van der Waals surface area contributed by atoms with Crippen LogP contribution >= 0.6 is 0 Å². The van der Waals surface area contributed by atoms with Crippen LogP contribution in [0.5, 0.6) is 5.75 Å². The number of amides is 1. The van der Waals surface area contributed by atoms with Gasteiger partial charge in [-0.1, -0.05) is 30.3 Å². The molecule has 0 N–H and O–H groups in total. The normalized spacial score (nSPS) is 16.8. The number of aromatic nitrogens is 2. The molecule has 0 saturated carbocycles. The average molecular weight is 375 g/mol. The number of para-hydroxylation sites is 1. The SMILES string of the molecule is COc1ccccc1-c1cccc(C(=O)N2CCCC(Cn3ccnc3)C2)c1. The molecule has 1 atom stereocenters. The Morgan fingerprint density at radius 3 is 2.93 bits per heavy atom. The molecule has 1 aromatic heterocycles. The first-order chi connectivity index (χ1) is 13.7. The zero-order valence-electron chi connectivity index (χ0n) is 16.1. The summed E-state index contributed by atoms with van der Waals surface area (Å²) in [5.41, 5.74) is 2.72. The zero-order valence-corrected chi connectivity index (χ0v) is 16.1. The van der Waals surface area contributed by atoms with Crippen LogP contribution in [0.4, 0.5) is 0 Å². The van der Waals surface area contributed by atoms with Crippen LogP contribution in [0.3, 0.4) is 0 Å². The second kappa shape index (κ2) is 8.30. The minimum atomic E-state index is 0.104. The number of hydrogen-bond donors (Lipinski definition) is 0. The van der Waals surface area contributed by atoms with E-state index in [0.29, 0.717) is 5.92 Å². The van der Waals surface area contributed by atoms with Crippen molar-refractivity contribution in [3.63, 3.8) is 0 Å². The van der Waals surface area contributed by atoms with Crippen molar-refractivity contribution in [2.24, 2.45) is 5.92 Å². The smallest absolute Gasteiger partial charge is 0.253 e. The molecular formula is C23H25N3O2. The highest BCUT2D eigenvalue weighted by molar-refractivity contribution is 5.95. The molecule has 5 heteroatoms. The van der Waals surface area contributed by atoms with Crippen molar-refractivity contribution >= 4 is 5.91 Å². The molecule has 1 unspecified atom stereocenters. The Morgan fingerprint density at radius 2 is 2.11 bits per heavy atom. The lowest BCUT2D eigenvalue weighted by Crippen LogP contribution is -2.41. The number of carbonyl (C=O) groups excluding carboxylic acids is 1. The Hall–Kier alpha value is -3.08. The molecule has 144 valence electrons. The number of imidazole rings is 1. The van der Waals surface area contributed by atoms with Gasteiger partial charge in [-0.15, -0.1) is 0 Å². The Kier molecular flexibility index (Phi) is 5.42.